The zero-order valence-corrected chi connectivity index (χ0v) is 10.4. The summed E-state index contributed by atoms with van der Waals surface area (Å²) in [7, 11) is 0. The number of nitrogens with zero attached hydrogens (tertiary/aromatic N) is 1. The molecule has 0 aliphatic heterocycles. The fourth-order valence-electron chi connectivity index (χ4n) is 1.52. The Kier molecular flexibility index (Phi) is 3.20. The molecule has 0 bridgehead atoms. The maximum atomic E-state index is 13.6. The second-order valence-corrected chi connectivity index (χ2v) is 4.53. The first-order valence-electron chi connectivity index (χ1n) is 4.67. The Hall–Kier alpha value is -1.41. The number of benzene rings is 2. The van der Waals surface area contributed by atoms with Crippen molar-refractivity contribution >= 4 is 22.6 Å². The van der Waals surface area contributed by atoms with E-state index in [0.717, 1.165) is 3.57 Å². The third-order valence-electron chi connectivity index (χ3n) is 2.27. The summed E-state index contributed by atoms with van der Waals surface area (Å²) in [5, 5.41) is 9.02. The van der Waals surface area contributed by atoms with Crippen LogP contribution < -0.4 is 0 Å². The SMILES string of the molecule is N#Cc1cc(I)ccc1-c1ccccc1F. The van der Waals surface area contributed by atoms with Gasteiger partial charge in [-0.05, 0) is 40.8 Å². The van der Waals surface area contributed by atoms with Gasteiger partial charge in [-0.3, -0.25) is 0 Å². The fraction of sp³-hybridized carbons (Fsp3) is 0. The van der Waals surface area contributed by atoms with Crippen LogP contribution >= 0.6 is 22.6 Å². The van der Waals surface area contributed by atoms with Crippen LogP contribution in [0.1, 0.15) is 5.56 Å². The van der Waals surface area contributed by atoms with Gasteiger partial charge in [-0.2, -0.15) is 5.26 Å². The van der Waals surface area contributed by atoms with Crippen LogP contribution in [0.25, 0.3) is 11.1 Å². The van der Waals surface area contributed by atoms with Crippen LogP contribution in [0.4, 0.5) is 4.39 Å². The highest BCUT2D eigenvalue weighted by Gasteiger charge is 2.09. The number of nitriles is 1. The largest absolute Gasteiger partial charge is 0.206 e. The van der Waals surface area contributed by atoms with Gasteiger partial charge >= 0.3 is 0 Å². The standard InChI is InChI=1S/C13H7FIN/c14-13-4-2-1-3-12(13)11-6-5-10(15)7-9(11)8-16/h1-7H. The zero-order valence-electron chi connectivity index (χ0n) is 8.24. The summed E-state index contributed by atoms with van der Waals surface area (Å²) in [5.74, 6) is -0.305. The molecule has 0 aliphatic carbocycles. The van der Waals surface area contributed by atoms with Gasteiger partial charge in [0.2, 0.25) is 0 Å². The molecule has 0 N–H and O–H groups in total. The van der Waals surface area contributed by atoms with E-state index < -0.39 is 0 Å². The molecular weight excluding hydrogens is 316 g/mol. The van der Waals surface area contributed by atoms with E-state index in [-0.39, 0.29) is 5.82 Å². The molecule has 0 atom stereocenters. The topological polar surface area (TPSA) is 23.8 Å². The number of rotatable bonds is 1. The number of hydrogen-bond donors (Lipinski definition) is 0. The summed E-state index contributed by atoms with van der Waals surface area (Å²) in [5.41, 5.74) is 1.61. The van der Waals surface area contributed by atoms with Crippen molar-refractivity contribution in [3.8, 4) is 17.2 Å². The Morgan fingerprint density at radius 3 is 2.50 bits per heavy atom. The second-order valence-electron chi connectivity index (χ2n) is 3.28. The first kappa shape index (κ1) is 11.1. The molecule has 0 saturated carbocycles. The van der Waals surface area contributed by atoms with Crippen molar-refractivity contribution in [2.24, 2.45) is 0 Å². The highest BCUT2D eigenvalue weighted by atomic mass is 127. The van der Waals surface area contributed by atoms with Gasteiger partial charge in [-0.15, -0.1) is 0 Å². The minimum atomic E-state index is -0.305. The molecule has 78 valence electrons. The van der Waals surface area contributed by atoms with E-state index in [1.54, 1.807) is 30.3 Å². The Bertz CT molecular complexity index is 572. The summed E-state index contributed by atoms with van der Waals surface area (Å²) in [6.45, 7) is 0. The van der Waals surface area contributed by atoms with Crippen LogP contribution in [-0.4, -0.2) is 0 Å². The van der Waals surface area contributed by atoms with Crippen molar-refractivity contribution in [3.63, 3.8) is 0 Å². The monoisotopic (exact) mass is 323 g/mol. The van der Waals surface area contributed by atoms with Crippen LogP contribution in [0, 0.1) is 20.7 Å². The Morgan fingerprint density at radius 1 is 1.06 bits per heavy atom. The minimum Gasteiger partial charge on any atom is -0.206 e. The molecule has 0 saturated heterocycles. The summed E-state index contributed by atoms with van der Waals surface area (Å²) >= 11 is 2.13. The van der Waals surface area contributed by atoms with Gasteiger partial charge in [0.15, 0.2) is 0 Å². The zero-order chi connectivity index (χ0) is 11.5. The first-order chi connectivity index (χ1) is 7.72. The van der Waals surface area contributed by atoms with Crippen LogP contribution in [0.15, 0.2) is 42.5 Å². The highest BCUT2D eigenvalue weighted by molar-refractivity contribution is 14.1. The molecule has 0 fully saturated rings. The van der Waals surface area contributed by atoms with Crippen molar-refractivity contribution in [2.45, 2.75) is 0 Å². The lowest BCUT2D eigenvalue weighted by Crippen LogP contribution is -1.88. The summed E-state index contributed by atoms with van der Waals surface area (Å²) in [6, 6.07) is 14.0. The molecule has 0 aromatic heterocycles. The van der Waals surface area contributed by atoms with Crippen molar-refractivity contribution in [1.29, 1.82) is 5.26 Å². The predicted molar refractivity (Wildman–Crippen MR) is 69.3 cm³/mol. The van der Waals surface area contributed by atoms with E-state index in [1.165, 1.54) is 6.07 Å². The van der Waals surface area contributed by atoms with Crippen molar-refractivity contribution in [2.75, 3.05) is 0 Å². The molecule has 0 unspecified atom stereocenters. The van der Waals surface area contributed by atoms with Gasteiger partial charge in [0.05, 0.1) is 11.6 Å². The van der Waals surface area contributed by atoms with Gasteiger partial charge in [-0.1, -0.05) is 24.3 Å². The third kappa shape index (κ3) is 2.07. The normalized spacial score (nSPS) is 9.81. The van der Waals surface area contributed by atoms with E-state index in [9.17, 15) is 4.39 Å². The molecule has 0 heterocycles. The summed E-state index contributed by atoms with van der Waals surface area (Å²) < 4.78 is 14.5. The maximum absolute atomic E-state index is 13.6. The first-order valence-corrected chi connectivity index (χ1v) is 5.75. The van der Waals surface area contributed by atoms with E-state index in [1.807, 2.05) is 6.07 Å². The molecule has 2 aromatic carbocycles. The van der Waals surface area contributed by atoms with E-state index in [2.05, 4.69) is 28.7 Å². The lowest BCUT2D eigenvalue weighted by molar-refractivity contribution is 0.631. The summed E-state index contributed by atoms with van der Waals surface area (Å²) in [4.78, 5) is 0. The van der Waals surface area contributed by atoms with Gasteiger partial charge in [0, 0.05) is 14.7 Å². The number of hydrogen-bond acceptors (Lipinski definition) is 1. The molecule has 1 nitrogen and oxygen atoms in total. The summed E-state index contributed by atoms with van der Waals surface area (Å²) in [6.07, 6.45) is 0. The van der Waals surface area contributed by atoms with Crippen LogP contribution in [-0.2, 0) is 0 Å². The lowest BCUT2D eigenvalue weighted by atomic mass is 10.0. The van der Waals surface area contributed by atoms with Crippen molar-refractivity contribution < 1.29 is 4.39 Å². The molecular formula is C13H7FIN. The van der Waals surface area contributed by atoms with E-state index in [0.29, 0.717) is 16.7 Å². The molecule has 0 radical (unpaired) electrons. The molecule has 3 heteroatoms. The van der Waals surface area contributed by atoms with Gasteiger partial charge in [0.25, 0.3) is 0 Å². The average Bonchev–Trinajstić information content (AvgIpc) is 2.30. The highest BCUT2D eigenvalue weighted by Crippen LogP contribution is 2.27. The smallest absolute Gasteiger partial charge is 0.131 e. The van der Waals surface area contributed by atoms with Crippen molar-refractivity contribution in [3.05, 3.63) is 57.4 Å². The van der Waals surface area contributed by atoms with Crippen LogP contribution in [0.3, 0.4) is 0 Å². The maximum Gasteiger partial charge on any atom is 0.131 e. The molecule has 2 rings (SSSR count). The third-order valence-corrected chi connectivity index (χ3v) is 2.94. The van der Waals surface area contributed by atoms with Gasteiger partial charge in [-0.25, -0.2) is 4.39 Å². The Morgan fingerprint density at radius 2 is 1.81 bits per heavy atom. The predicted octanol–water partition coefficient (Wildman–Crippen LogP) is 3.97. The average molecular weight is 323 g/mol. The van der Waals surface area contributed by atoms with Gasteiger partial charge in [0.1, 0.15) is 5.82 Å². The molecule has 0 amide bonds. The van der Waals surface area contributed by atoms with Crippen LogP contribution in [0.5, 0.6) is 0 Å². The van der Waals surface area contributed by atoms with E-state index >= 15 is 0 Å². The van der Waals surface area contributed by atoms with Gasteiger partial charge < -0.3 is 0 Å². The lowest BCUT2D eigenvalue weighted by Gasteiger charge is -2.05. The van der Waals surface area contributed by atoms with Crippen LogP contribution in [0.2, 0.25) is 0 Å². The quantitative estimate of drug-likeness (QED) is 0.729. The minimum absolute atomic E-state index is 0.305. The van der Waals surface area contributed by atoms with Crippen molar-refractivity contribution in [1.82, 2.24) is 0 Å². The second kappa shape index (κ2) is 4.62. The molecule has 16 heavy (non-hydrogen) atoms. The van der Waals surface area contributed by atoms with E-state index in [4.69, 9.17) is 5.26 Å². The Labute approximate surface area is 107 Å². The molecule has 0 aliphatic rings. The Balaban J connectivity index is 2.66. The molecule has 0 spiro atoms. The fourth-order valence-corrected chi connectivity index (χ4v) is 2.01. The molecule has 2 aromatic rings. The number of halogens is 2.